The van der Waals surface area contributed by atoms with Gasteiger partial charge in [-0.25, -0.2) is 4.79 Å². The first-order valence-corrected chi connectivity index (χ1v) is 14.0. The van der Waals surface area contributed by atoms with E-state index in [9.17, 15) is 4.79 Å². The number of benzene rings is 3. The lowest BCUT2D eigenvalue weighted by molar-refractivity contribution is 0.0459. The number of unbranched alkanes of at least 4 members (excludes halogenated alkanes) is 7. The predicted molar refractivity (Wildman–Crippen MR) is 151 cm³/mol. The van der Waals surface area contributed by atoms with Crippen LogP contribution in [0, 0.1) is 5.92 Å². The molecule has 3 aromatic rings. The topological polar surface area (TPSA) is 35.5 Å². The first kappa shape index (κ1) is 27.8. The van der Waals surface area contributed by atoms with Gasteiger partial charge in [-0.3, -0.25) is 0 Å². The third kappa shape index (κ3) is 9.68. The molecule has 0 bridgehead atoms. The summed E-state index contributed by atoms with van der Waals surface area (Å²) in [5.74, 6) is 1.06. The summed E-state index contributed by atoms with van der Waals surface area (Å²) in [5, 5.41) is 2.46. The highest BCUT2D eigenvalue weighted by Gasteiger charge is 2.08. The van der Waals surface area contributed by atoms with Crippen molar-refractivity contribution in [3.8, 4) is 5.75 Å². The molecule has 3 nitrogen and oxygen atoms in total. The molecule has 3 aromatic carbocycles. The molecule has 0 saturated carbocycles. The molecular weight excluding hydrogens is 444 g/mol. The molecule has 0 aliphatic rings. The van der Waals surface area contributed by atoms with Crippen LogP contribution < -0.4 is 4.74 Å². The summed E-state index contributed by atoms with van der Waals surface area (Å²) in [4.78, 5) is 12.1. The van der Waals surface area contributed by atoms with E-state index in [4.69, 9.17) is 9.47 Å². The molecule has 3 rings (SSSR count). The second-order valence-corrected chi connectivity index (χ2v) is 10.4. The summed E-state index contributed by atoms with van der Waals surface area (Å²) < 4.78 is 11.3. The van der Waals surface area contributed by atoms with Gasteiger partial charge >= 0.3 is 5.97 Å². The Balaban J connectivity index is 1.42. The van der Waals surface area contributed by atoms with Gasteiger partial charge in [0.2, 0.25) is 0 Å². The highest BCUT2D eigenvalue weighted by atomic mass is 16.5. The first-order valence-electron chi connectivity index (χ1n) is 14.0. The van der Waals surface area contributed by atoms with Gasteiger partial charge in [0.05, 0.1) is 18.8 Å². The number of hydrogen-bond acceptors (Lipinski definition) is 3. The Hall–Kier alpha value is -2.81. The van der Waals surface area contributed by atoms with Crippen LogP contribution >= 0.6 is 0 Å². The molecule has 0 N–H and O–H groups in total. The number of ether oxygens (including phenoxy) is 2. The van der Waals surface area contributed by atoms with Gasteiger partial charge < -0.3 is 9.47 Å². The smallest absolute Gasteiger partial charge is 0.338 e. The maximum absolute atomic E-state index is 12.1. The Kier molecular flexibility index (Phi) is 11.8. The van der Waals surface area contributed by atoms with Crippen LogP contribution in [0.5, 0.6) is 5.75 Å². The molecule has 0 spiro atoms. The second kappa shape index (κ2) is 15.3. The predicted octanol–water partition coefficient (Wildman–Crippen LogP) is 8.96. The van der Waals surface area contributed by atoms with Gasteiger partial charge in [-0.2, -0.15) is 0 Å². The summed E-state index contributed by atoms with van der Waals surface area (Å²) in [6.07, 6.45) is 12.4. The Morgan fingerprint density at radius 1 is 0.722 bits per heavy atom. The number of esters is 1. The van der Waals surface area contributed by atoms with Gasteiger partial charge in [-0.1, -0.05) is 102 Å². The zero-order valence-electron chi connectivity index (χ0n) is 22.6. The molecule has 3 heteroatoms. The summed E-state index contributed by atoms with van der Waals surface area (Å²) >= 11 is 0. The number of aryl methyl sites for hydroxylation is 2. The Morgan fingerprint density at radius 3 is 2.06 bits per heavy atom. The standard InChI is InChI=1S/C33H44O3/c1-4-5-6-7-8-9-10-11-22-35-32-21-20-30-23-28(16-19-31(30)24-32)13-12-27-14-17-29(18-15-27)33(34)36-25-26(2)3/h14-21,23-24,26H,4-13,22,25H2,1-3H3. The Morgan fingerprint density at radius 2 is 1.33 bits per heavy atom. The van der Waals surface area contributed by atoms with E-state index < -0.39 is 0 Å². The molecule has 0 aliphatic carbocycles. The van der Waals surface area contributed by atoms with Crippen molar-refractivity contribution in [3.05, 3.63) is 77.4 Å². The molecule has 0 fully saturated rings. The fourth-order valence-electron chi connectivity index (χ4n) is 4.37. The summed E-state index contributed by atoms with van der Waals surface area (Å²) in [6, 6.07) is 20.9. The van der Waals surface area contributed by atoms with Crippen molar-refractivity contribution in [2.24, 2.45) is 5.92 Å². The van der Waals surface area contributed by atoms with Crippen molar-refractivity contribution >= 4 is 16.7 Å². The largest absolute Gasteiger partial charge is 0.494 e. The van der Waals surface area contributed by atoms with Crippen molar-refractivity contribution < 1.29 is 14.3 Å². The Labute approximate surface area is 218 Å². The van der Waals surface area contributed by atoms with E-state index in [-0.39, 0.29) is 5.97 Å². The molecule has 0 atom stereocenters. The number of fused-ring (bicyclic) bond motifs is 1. The molecule has 0 amide bonds. The van der Waals surface area contributed by atoms with Crippen molar-refractivity contribution in [1.82, 2.24) is 0 Å². The Bertz CT molecular complexity index is 1050. The quantitative estimate of drug-likeness (QED) is 0.149. The zero-order valence-corrected chi connectivity index (χ0v) is 22.6. The maximum Gasteiger partial charge on any atom is 0.338 e. The number of carbonyl (C=O) groups excluding carboxylic acids is 1. The van der Waals surface area contributed by atoms with Crippen LogP contribution in [0.1, 0.15) is 93.6 Å². The summed E-state index contributed by atoms with van der Waals surface area (Å²) in [6.45, 7) is 7.59. The van der Waals surface area contributed by atoms with Crippen molar-refractivity contribution in [1.29, 1.82) is 0 Å². The molecule has 194 valence electrons. The van der Waals surface area contributed by atoms with Gasteiger partial charge in [-0.15, -0.1) is 0 Å². The molecule has 0 heterocycles. The SMILES string of the molecule is CCCCCCCCCCOc1ccc2cc(CCc3ccc(C(=O)OCC(C)C)cc3)ccc2c1. The van der Waals surface area contributed by atoms with Gasteiger partial charge in [0.1, 0.15) is 5.75 Å². The van der Waals surface area contributed by atoms with E-state index in [1.165, 1.54) is 66.8 Å². The molecule has 0 aliphatic heterocycles. The minimum atomic E-state index is -0.245. The summed E-state index contributed by atoms with van der Waals surface area (Å²) in [7, 11) is 0. The molecule has 0 saturated heterocycles. The monoisotopic (exact) mass is 488 g/mol. The molecular formula is C33H44O3. The van der Waals surface area contributed by atoms with Crippen LogP contribution in [0.25, 0.3) is 10.8 Å². The van der Waals surface area contributed by atoms with Crippen molar-refractivity contribution in [3.63, 3.8) is 0 Å². The second-order valence-electron chi connectivity index (χ2n) is 10.4. The zero-order chi connectivity index (χ0) is 25.6. The molecule has 36 heavy (non-hydrogen) atoms. The highest BCUT2D eigenvalue weighted by Crippen LogP contribution is 2.23. The number of hydrogen-bond donors (Lipinski definition) is 0. The average molecular weight is 489 g/mol. The fourth-order valence-corrected chi connectivity index (χ4v) is 4.37. The van der Waals surface area contributed by atoms with Gasteiger partial charge in [0, 0.05) is 0 Å². The summed E-state index contributed by atoms with van der Waals surface area (Å²) in [5.41, 5.74) is 3.15. The molecule has 0 aromatic heterocycles. The minimum absolute atomic E-state index is 0.245. The lowest BCUT2D eigenvalue weighted by atomic mass is 10.0. The first-order chi connectivity index (χ1) is 17.5. The normalized spacial score (nSPS) is 11.2. The van der Waals surface area contributed by atoms with Crippen LogP contribution in [0.2, 0.25) is 0 Å². The number of rotatable bonds is 16. The van der Waals surface area contributed by atoms with Crippen LogP contribution in [0.4, 0.5) is 0 Å². The van der Waals surface area contributed by atoms with Gasteiger partial charge in [-0.05, 0) is 71.3 Å². The highest BCUT2D eigenvalue weighted by molar-refractivity contribution is 5.89. The van der Waals surface area contributed by atoms with E-state index in [1.807, 2.05) is 38.1 Å². The lowest BCUT2D eigenvalue weighted by Gasteiger charge is -2.09. The van der Waals surface area contributed by atoms with Crippen molar-refractivity contribution in [2.75, 3.05) is 13.2 Å². The van der Waals surface area contributed by atoms with Crippen molar-refractivity contribution in [2.45, 2.75) is 85.0 Å². The number of carbonyl (C=O) groups is 1. The average Bonchev–Trinajstić information content (AvgIpc) is 2.89. The van der Waals surface area contributed by atoms with Crippen LogP contribution in [-0.2, 0) is 17.6 Å². The fraction of sp³-hybridized carbons (Fsp3) is 0.485. The third-order valence-corrected chi connectivity index (χ3v) is 6.58. The van der Waals surface area contributed by atoms with E-state index in [0.717, 1.165) is 31.6 Å². The third-order valence-electron chi connectivity index (χ3n) is 6.58. The van der Waals surface area contributed by atoms with E-state index >= 15 is 0 Å². The maximum atomic E-state index is 12.1. The van der Waals surface area contributed by atoms with Crippen LogP contribution in [-0.4, -0.2) is 19.2 Å². The van der Waals surface area contributed by atoms with Gasteiger partial charge in [0.25, 0.3) is 0 Å². The van der Waals surface area contributed by atoms with E-state index in [1.54, 1.807) is 0 Å². The van der Waals surface area contributed by atoms with E-state index in [2.05, 4.69) is 43.3 Å². The lowest BCUT2D eigenvalue weighted by Crippen LogP contribution is -2.10. The van der Waals surface area contributed by atoms with Gasteiger partial charge in [0.15, 0.2) is 0 Å². The molecule has 0 radical (unpaired) electrons. The van der Waals surface area contributed by atoms with Crippen LogP contribution in [0.15, 0.2) is 60.7 Å². The minimum Gasteiger partial charge on any atom is -0.494 e. The molecule has 0 unspecified atom stereocenters. The van der Waals surface area contributed by atoms with E-state index in [0.29, 0.717) is 18.1 Å². The van der Waals surface area contributed by atoms with Crippen LogP contribution in [0.3, 0.4) is 0 Å².